The number of carbonyl (C=O) groups is 3. The molecular weight excluding hydrogens is 967 g/mol. The van der Waals surface area contributed by atoms with Crippen LogP contribution in [0.5, 0.6) is 17.2 Å². The van der Waals surface area contributed by atoms with E-state index in [4.69, 9.17) is 28.4 Å². The van der Waals surface area contributed by atoms with Gasteiger partial charge >= 0.3 is 0 Å². The molecule has 1 unspecified atom stereocenters. The standard InChI is InChI=1S/C53H73N3O12S3/c1-7-46(57)50(71(60,61)62)16-25-69-70-53(3,4)35-54(19-20-65-23-24-66-22-21-63-5)43-28-37(33-67-47-30-39-12-14-41-10-8-17-55(41)51(58)44(39)26-36(47)2)27-38(29-43)34-68-49-31-40-13-15-42-11-9-18-56(42)52(59)45(40)32-48(49)64-6/h26-32,41-42,50H,7-25,33-35H2,1-6H3,(H,60,61,62)/t41-,42-,50?/m0/s1. The molecule has 4 heterocycles. The molecule has 18 heteroatoms. The number of carbonyl (C=O) groups excluding carboxylic acids is 3. The average molecular weight is 1040 g/mol. The minimum atomic E-state index is -4.52. The molecule has 71 heavy (non-hydrogen) atoms. The third kappa shape index (κ3) is 14.4. The van der Waals surface area contributed by atoms with E-state index in [-0.39, 0.29) is 50.0 Å². The minimum Gasteiger partial charge on any atom is -0.493 e. The van der Waals surface area contributed by atoms with Gasteiger partial charge in [0.05, 0.1) is 40.1 Å². The summed E-state index contributed by atoms with van der Waals surface area (Å²) in [6.07, 6.45) is 7.61. The number of ketones is 1. The highest BCUT2D eigenvalue weighted by atomic mass is 33.1. The molecule has 15 nitrogen and oxygen atoms in total. The van der Waals surface area contributed by atoms with Crippen molar-refractivity contribution in [3.05, 3.63) is 81.4 Å². The Balaban J connectivity index is 1.15. The summed E-state index contributed by atoms with van der Waals surface area (Å²) in [6, 6.07) is 14.7. The van der Waals surface area contributed by atoms with Gasteiger partial charge in [0, 0.05) is 79.1 Å². The summed E-state index contributed by atoms with van der Waals surface area (Å²) in [5, 5.41) is -1.44. The van der Waals surface area contributed by atoms with Crippen LogP contribution in [0.2, 0.25) is 0 Å². The molecule has 1 N–H and O–H groups in total. The monoisotopic (exact) mass is 1040 g/mol. The summed E-state index contributed by atoms with van der Waals surface area (Å²) >= 11 is 0. The zero-order chi connectivity index (χ0) is 50.7. The van der Waals surface area contributed by atoms with Crippen LogP contribution in [0, 0.1) is 6.92 Å². The van der Waals surface area contributed by atoms with Gasteiger partial charge in [-0.3, -0.25) is 18.9 Å². The van der Waals surface area contributed by atoms with Crippen molar-refractivity contribution in [2.75, 3.05) is 84.1 Å². The lowest BCUT2D eigenvalue weighted by atomic mass is 9.99. The fraction of sp³-hybridized carbons (Fsp3) is 0.604. The van der Waals surface area contributed by atoms with Crippen molar-refractivity contribution in [1.82, 2.24) is 9.80 Å². The van der Waals surface area contributed by atoms with E-state index >= 15 is 0 Å². The van der Waals surface area contributed by atoms with E-state index in [0.717, 1.165) is 109 Å². The Morgan fingerprint density at radius 2 is 1.37 bits per heavy atom. The van der Waals surface area contributed by atoms with Gasteiger partial charge < -0.3 is 43.1 Å². The molecule has 2 fully saturated rings. The molecule has 0 aliphatic carbocycles. The lowest BCUT2D eigenvalue weighted by Crippen LogP contribution is -2.38. The quantitative estimate of drug-likeness (QED) is 0.0437. The number of ether oxygens (including phenoxy) is 6. The molecule has 0 saturated carbocycles. The van der Waals surface area contributed by atoms with Crippen LogP contribution in [-0.4, -0.2) is 142 Å². The molecule has 0 bridgehead atoms. The molecular formula is C53H73N3O12S3. The highest BCUT2D eigenvalue weighted by Crippen LogP contribution is 2.40. The van der Waals surface area contributed by atoms with Crippen molar-refractivity contribution in [1.29, 1.82) is 0 Å². The number of aryl methyl sites for hydroxylation is 3. The number of benzene rings is 3. The molecule has 3 aromatic carbocycles. The number of hydrogen-bond acceptors (Lipinski definition) is 14. The zero-order valence-corrected chi connectivity index (χ0v) is 44.8. The van der Waals surface area contributed by atoms with E-state index in [2.05, 4.69) is 43.0 Å². The lowest BCUT2D eigenvalue weighted by molar-refractivity contribution is -0.118. The van der Waals surface area contributed by atoms with Gasteiger partial charge in [-0.1, -0.05) is 28.5 Å². The summed E-state index contributed by atoms with van der Waals surface area (Å²) < 4.78 is 69.5. The van der Waals surface area contributed by atoms with E-state index in [1.54, 1.807) is 31.9 Å². The van der Waals surface area contributed by atoms with Crippen LogP contribution in [0.3, 0.4) is 0 Å². The largest absolute Gasteiger partial charge is 0.493 e. The molecule has 4 aliphatic rings. The van der Waals surface area contributed by atoms with E-state index in [1.807, 2.05) is 34.9 Å². The Bertz CT molecular complexity index is 2450. The second-order valence-electron chi connectivity index (χ2n) is 19.6. The van der Waals surface area contributed by atoms with Gasteiger partial charge in [-0.05, 0) is 149 Å². The second kappa shape index (κ2) is 25.3. The van der Waals surface area contributed by atoms with E-state index in [1.165, 1.54) is 10.8 Å². The van der Waals surface area contributed by atoms with Gasteiger partial charge in [0.1, 0.15) is 24.2 Å². The molecule has 7 rings (SSSR count). The Labute approximate surface area is 428 Å². The number of nitrogens with zero attached hydrogens (tertiary/aromatic N) is 3. The Kier molecular flexibility index (Phi) is 19.5. The topological polar surface area (TPSA) is 171 Å². The van der Waals surface area contributed by atoms with E-state index in [0.29, 0.717) is 68.9 Å². The lowest BCUT2D eigenvalue weighted by Gasteiger charge is -2.34. The molecule has 0 spiro atoms. The smallest absolute Gasteiger partial charge is 0.275 e. The number of Topliss-reactive ketones (excluding diaryl/α,β-unsaturated/α-hetero) is 1. The van der Waals surface area contributed by atoms with Crippen molar-refractivity contribution in [3.8, 4) is 17.2 Å². The highest BCUT2D eigenvalue weighted by molar-refractivity contribution is 8.77. The van der Waals surface area contributed by atoms with Crippen LogP contribution in [0.25, 0.3) is 0 Å². The third-order valence-electron chi connectivity index (χ3n) is 13.9. The van der Waals surface area contributed by atoms with Crippen LogP contribution in [0.4, 0.5) is 5.69 Å². The molecule has 2 amide bonds. The predicted molar refractivity (Wildman–Crippen MR) is 279 cm³/mol. The van der Waals surface area contributed by atoms with Crippen LogP contribution in [0.1, 0.15) is 121 Å². The normalized spacial score (nSPS) is 18.3. The first-order valence-corrected chi connectivity index (χ1v) is 28.9. The van der Waals surface area contributed by atoms with Crippen molar-refractivity contribution in [2.45, 2.75) is 127 Å². The number of anilines is 1. The first-order chi connectivity index (χ1) is 34.1. The number of rotatable bonds is 27. The molecule has 3 aromatic rings. The number of amides is 2. The first-order valence-electron chi connectivity index (χ1n) is 25.1. The summed E-state index contributed by atoms with van der Waals surface area (Å²) in [5.41, 5.74) is 7.01. The van der Waals surface area contributed by atoms with Crippen LogP contribution in [0.15, 0.2) is 42.5 Å². The van der Waals surface area contributed by atoms with Crippen LogP contribution >= 0.6 is 21.6 Å². The van der Waals surface area contributed by atoms with Gasteiger partial charge in [-0.2, -0.15) is 8.42 Å². The van der Waals surface area contributed by atoms with Gasteiger partial charge in [-0.25, -0.2) is 0 Å². The second-order valence-corrected chi connectivity index (χ2v) is 24.3. The maximum Gasteiger partial charge on any atom is 0.275 e. The van der Waals surface area contributed by atoms with Gasteiger partial charge in [0.25, 0.3) is 21.9 Å². The number of hydrogen-bond donors (Lipinski definition) is 1. The maximum atomic E-state index is 13.7. The summed E-state index contributed by atoms with van der Waals surface area (Å²) in [4.78, 5) is 46.1. The van der Waals surface area contributed by atoms with Gasteiger partial charge in [0.2, 0.25) is 0 Å². The van der Waals surface area contributed by atoms with Crippen LogP contribution in [-0.2, 0) is 55.2 Å². The predicted octanol–water partition coefficient (Wildman–Crippen LogP) is 8.53. The van der Waals surface area contributed by atoms with E-state index < -0.39 is 25.9 Å². The fourth-order valence-corrected chi connectivity index (χ4v) is 13.9. The molecule has 390 valence electrons. The summed E-state index contributed by atoms with van der Waals surface area (Å²) in [5.74, 6) is 1.80. The fourth-order valence-electron chi connectivity index (χ4n) is 10.2. The Hall–Kier alpha value is -4.04. The molecule has 0 radical (unpaired) electrons. The van der Waals surface area contributed by atoms with Crippen molar-refractivity contribution in [3.63, 3.8) is 0 Å². The van der Waals surface area contributed by atoms with Crippen LogP contribution < -0.4 is 19.1 Å². The number of methoxy groups -OCH3 is 2. The Morgan fingerprint density at radius 1 is 0.789 bits per heavy atom. The minimum absolute atomic E-state index is 0.0118. The summed E-state index contributed by atoms with van der Waals surface area (Å²) in [7, 11) is 1.77. The van der Waals surface area contributed by atoms with Crippen molar-refractivity contribution < 1.29 is 55.8 Å². The third-order valence-corrected chi connectivity index (χ3v) is 18.4. The van der Waals surface area contributed by atoms with Crippen molar-refractivity contribution in [2.24, 2.45) is 0 Å². The number of fused-ring (bicyclic) bond motifs is 4. The molecule has 4 aliphatic heterocycles. The average Bonchev–Trinajstić information content (AvgIpc) is 3.98. The van der Waals surface area contributed by atoms with Gasteiger partial charge in [-0.15, -0.1) is 0 Å². The van der Waals surface area contributed by atoms with Gasteiger partial charge in [0.15, 0.2) is 17.3 Å². The van der Waals surface area contributed by atoms with E-state index in [9.17, 15) is 27.4 Å². The Morgan fingerprint density at radius 3 is 1.96 bits per heavy atom. The first kappa shape index (κ1) is 54.7. The molecule has 3 atom stereocenters. The van der Waals surface area contributed by atoms with Crippen molar-refractivity contribution >= 4 is 55.0 Å². The summed E-state index contributed by atoms with van der Waals surface area (Å²) in [6.45, 7) is 13.1. The molecule has 2 saturated heterocycles. The maximum absolute atomic E-state index is 13.7. The zero-order valence-electron chi connectivity index (χ0n) is 42.3. The molecule has 0 aromatic heterocycles. The SMILES string of the molecule is CCC(=O)C(CCSSC(C)(C)CN(CCOCCOCCOC)c1cc(COc2cc3c(cc2C)C(=O)N2CCC[C@H]2CC3)cc(COc2cc3c(cc2OC)C(=O)N2CCC[C@H]2CC3)c1)S(=O)(=O)O. The highest BCUT2D eigenvalue weighted by Gasteiger charge is 2.36.